The van der Waals surface area contributed by atoms with Crippen LogP contribution in [0.4, 0.5) is 5.69 Å². The van der Waals surface area contributed by atoms with E-state index >= 15 is 0 Å². The Labute approximate surface area is 149 Å². The smallest absolute Gasteiger partial charge is 0.278 e. The van der Waals surface area contributed by atoms with Gasteiger partial charge in [-0.3, -0.25) is 9.48 Å². The first-order chi connectivity index (χ1) is 11.9. The van der Waals surface area contributed by atoms with Crippen LogP contribution in [0.15, 0.2) is 35.0 Å². The third-order valence-electron chi connectivity index (χ3n) is 3.64. The van der Waals surface area contributed by atoms with Crippen molar-refractivity contribution in [3.63, 3.8) is 0 Å². The summed E-state index contributed by atoms with van der Waals surface area (Å²) in [6, 6.07) is 7.03. The number of amides is 1. The van der Waals surface area contributed by atoms with Crippen LogP contribution in [-0.2, 0) is 13.7 Å². The van der Waals surface area contributed by atoms with Crippen molar-refractivity contribution in [1.82, 2.24) is 14.9 Å². The van der Waals surface area contributed by atoms with Gasteiger partial charge in [0, 0.05) is 18.3 Å². The van der Waals surface area contributed by atoms with E-state index in [1.807, 2.05) is 6.92 Å². The highest BCUT2D eigenvalue weighted by Crippen LogP contribution is 2.22. The molecule has 1 aromatic carbocycles. The minimum atomic E-state index is -0.377. The molecule has 0 radical (unpaired) electrons. The SMILES string of the molecule is Cc1nn(C)cc1NC(=O)c1noc(C)c1COc1cccc(Cl)c1. The molecule has 0 aliphatic carbocycles. The van der Waals surface area contributed by atoms with Gasteiger partial charge >= 0.3 is 0 Å². The van der Waals surface area contributed by atoms with Crippen LogP contribution in [0.5, 0.6) is 5.75 Å². The summed E-state index contributed by atoms with van der Waals surface area (Å²) in [7, 11) is 1.78. The molecule has 0 atom stereocenters. The molecule has 130 valence electrons. The summed E-state index contributed by atoms with van der Waals surface area (Å²) in [5.41, 5.74) is 2.10. The number of carbonyl (C=O) groups is 1. The molecule has 3 rings (SSSR count). The lowest BCUT2D eigenvalue weighted by atomic mass is 10.2. The molecule has 2 aromatic heterocycles. The summed E-state index contributed by atoms with van der Waals surface area (Å²) in [5, 5.41) is 11.4. The molecule has 25 heavy (non-hydrogen) atoms. The van der Waals surface area contributed by atoms with Crippen molar-refractivity contribution >= 4 is 23.2 Å². The van der Waals surface area contributed by atoms with Crippen LogP contribution in [0.2, 0.25) is 5.02 Å². The number of halogens is 1. The number of aryl methyl sites for hydroxylation is 3. The lowest BCUT2D eigenvalue weighted by molar-refractivity contribution is 0.101. The molecule has 0 fully saturated rings. The maximum absolute atomic E-state index is 12.5. The number of ether oxygens (including phenoxy) is 1. The summed E-state index contributed by atoms with van der Waals surface area (Å²) in [5.74, 6) is 0.746. The Bertz CT molecular complexity index is 917. The molecule has 0 aliphatic heterocycles. The maximum atomic E-state index is 12.5. The van der Waals surface area contributed by atoms with E-state index in [9.17, 15) is 4.79 Å². The second kappa shape index (κ2) is 6.98. The molecule has 7 nitrogen and oxygen atoms in total. The van der Waals surface area contributed by atoms with Crippen LogP contribution < -0.4 is 10.1 Å². The molecule has 0 unspecified atom stereocenters. The second-order valence-corrected chi connectivity index (χ2v) is 6.00. The standard InChI is InChI=1S/C17H17ClN4O3/c1-10-15(8-22(3)20-10)19-17(23)16-14(11(2)25-21-16)9-24-13-6-4-5-12(18)7-13/h4-8H,9H2,1-3H3,(H,19,23). The molecule has 0 aliphatic rings. The van der Waals surface area contributed by atoms with Crippen LogP contribution in [0, 0.1) is 13.8 Å². The monoisotopic (exact) mass is 360 g/mol. The molecular formula is C17H17ClN4O3. The highest BCUT2D eigenvalue weighted by Gasteiger charge is 2.21. The van der Waals surface area contributed by atoms with Crippen LogP contribution in [0.25, 0.3) is 0 Å². The van der Waals surface area contributed by atoms with Gasteiger partial charge in [0.25, 0.3) is 5.91 Å². The van der Waals surface area contributed by atoms with E-state index in [4.69, 9.17) is 20.9 Å². The molecular weight excluding hydrogens is 344 g/mol. The summed E-state index contributed by atoms with van der Waals surface area (Å²) in [6.45, 7) is 3.69. The zero-order valence-corrected chi connectivity index (χ0v) is 14.8. The number of benzene rings is 1. The van der Waals surface area contributed by atoms with Gasteiger partial charge in [-0.25, -0.2) is 0 Å². The summed E-state index contributed by atoms with van der Waals surface area (Å²) < 4.78 is 12.5. The maximum Gasteiger partial charge on any atom is 0.278 e. The molecule has 8 heteroatoms. The zero-order valence-electron chi connectivity index (χ0n) is 14.0. The number of nitrogens with zero attached hydrogens (tertiary/aromatic N) is 3. The number of aromatic nitrogens is 3. The molecule has 2 heterocycles. The van der Waals surface area contributed by atoms with Crippen molar-refractivity contribution in [2.45, 2.75) is 20.5 Å². The van der Waals surface area contributed by atoms with E-state index in [1.54, 1.807) is 49.1 Å². The van der Waals surface area contributed by atoms with Crippen molar-refractivity contribution in [2.24, 2.45) is 7.05 Å². The molecule has 0 bridgehead atoms. The van der Waals surface area contributed by atoms with Crippen LogP contribution in [0.3, 0.4) is 0 Å². The Morgan fingerprint density at radius 2 is 2.20 bits per heavy atom. The first-order valence-corrected chi connectivity index (χ1v) is 7.97. The first kappa shape index (κ1) is 17.0. The van der Waals surface area contributed by atoms with Gasteiger partial charge in [-0.2, -0.15) is 5.10 Å². The lowest BCUT2D eigenvalue weighted by Gasteiger charge is -2.07. The molecule has 3 aromatic rings. The van der Waals surface area contributed by atoms with E-state index in [1.165, 1.54) is 0 Å². The van der Waals surface area contributed by atoms with Gasteiger partial charge in [0.1, 0.15) is 18.1 Å². The minimum absolute atomic E-state index is 0.143. The highest BCUT2D eigenvalue weighted by atomic mass is 35.5. The number of anilines is 1. The Kier molecular flexibility index (Phi) is 4.76. The third-order valence-corrected chi connectivity index (χ3v) is 3.88. The fourth-order valence-electron chi connectivity index (χ4n) is 2.36. The predicted molar refractivity (Wildman–Crippen MR) is 92.9 cm³/mol. The van der Waals surface area contributed by atoms with Crippen molar-refractivity contribution < 1.29 is 14.1 Å². The molecule has 0 saturated carbocycles. The minimum Gasteiger partial charge on any atom is -0.489 e. The van der Waals surface area contributed by atoms with Gasteiger partial charge in [0.15, 0.2) is 5.69 Å². The fraction of sp³-hybridized carbons (Fsp3) is 0.235. The van der Waals surface area contributed by atoms with Crippen molar-refractivity contribution in [1.29, 1.82) is 0 Å². The van der Waals surface area contributed by atoms with Crippen molar-refractivity contribution in [3.8, 4) is 5.75 Å². The Morgan fingerprint density at radius 1 is 1.40 bits per heavy atom. The molecule has 1 N–H and O–H groups in total. The van der Waals surface area contributed by atoms with Gasteiger partial charge in [-0.15, -0.1) is 0 Å². The van der Waals surface area contributed by atoms with Gasteiger partial charge < -0.3 is 14.6 Å². The van der Waals surface area contributed by atoms with Crippen LogP contribution in [0.1, 0.15) is 27.5 Å². The van der Waals surface area contributed by atoms with E-state index in [-0.39, 0.29) is 18.2 Å². The van der Waals surface area contributed by atoms with Crippen molar-refractivity contribution in [2.75, 3.05) is 5.32 Å². The molecule has 0 spiro atoms. The predicted octanol–water partition coefficient (Wildman–Crippen LogP) is 3.51. The number of hydrogen-bond donors (Lipinski definition) is 1. The number of hydrogen-bond acceptors (Lipinski definition) is 5. The normalized spacial score (nSPS) is 10.7. The molecule has 0 saturated heterocycles. The Hall–Kier alpha value is -2.80. The Balaban J connectivity index is 1.76. The molecule has 1 amide bonds. The fourth-order valence-corrected chi connectivity index (χ4v) is 2.54. The van der Waals surface area contributed by atoms with Crippen molar-refractivity contribution in [3.05, 3.63) is 58.2 Å². The largest absolute Gasteiger partial charge is 0.489 e. The van der Waals surface area contributed by atoms with E-state index in [0.717, 1.165) is 0 Å². The van der Waals surface area contributed by atoms with Gasteiger partial charge in [-0.05, 0) is 32.0 Å². The topological polar surface area (TPSA) is 82.2 Å². The third kappa shape index (κ3) is 3.83. The second-order valence-electron chi connectivity index (χ2n) is 5.57. The zero-order chi connectivity index (χ0) is 18.0. The summed E-state index contributed by atoms with van der Waals surface area (Å²) in [6.07, 6.45) is 1.72. The number of carbonyl (C=O) groups excluding carboxylic acids is 1. The van der Waals surface area contributed by atoms with E-state index in [2.05, 4.69) is 15.6 Å². The number of nitrogens with one attached hydrogen (secondary N) is 1. The summed E-state index contributed by atoms with van der Waals surface area (Å²) in [4.78, 5) is 12.5. The number of rotatable bonds is 5. The van der Waals surface area contributed by atoms with Gasteiger partial charge in [0.05, 0.1) is 16.9 Å². The average molecular weight is 361 g/mol. The van der Waals surface area contributed by atoms with Gasteiger partial charge in [-0.1, -0.05) is 22.8 Å². The summed E-state index contributed by atoms with van der Waals surface area (Å²) >= 11 is 5.94. The highest BCUT2D eigenvalue weighted by molar-refractivity contribution is 6.30. The lowest BCUT2D eigenvalue weighted by Crippen LogP contribution is -2.15. The quantitative estimate of drug-likeness (QED) is 0.752. The van der Waals surface area contributed by atoms with Gasteiger partial charge in [0.2, 0.25) is 0 Å². The Morgan fingerprint density at radius 3 is 2.88 bits per heavy atom. The van der Waals surface area contributed by atoms with E-state index in [0.29, 0.717) is 33.5 Å². The first-order valence-electron chi connectivity index (χ1n) is 7.59. The average Bonchev–Trinajstić information content (AvgIpc) is 3.07. The van der Waals surface area contributed by atoms with E-state index < -0.39 is 0 Å². The van der Waals surface area contributed by atoms with Crippen LogP contribution in [-0.4, -0.2) is 20.8 Å². The van der Waals surface area contributed by atoms with Crippen LogP contribution >= 0.6 is 11.6 Å².